The lowest BCUT2D eigenvalue weighted by atomic mass is 9.99. The zero-order valence-electron chi connectivity index (χ0n) is 16.8. The largest absolute Gasteiger partial charge is 0.497 e. The topological polar surface area (TPSA) is 35.5 Å². The molecule has 2 aromatic heterocycles. The standard InChI is InChI=1S/C27H19FO3/c1-29-22-13-9-18(10-14-22)23-15-16-30-27(23)24-17-25(19-5-3-2-4-6-19)31-26(24)20-7-11-21(28)12-8-20/h2-17H,1H3. The Hall–Kier alpha value is -4.05. The maximum Gasteiger partial charge on any atom is 0.145 e. The molecule has 5 rings (SSSR count). The van der Waals surface area contributed by atoms with Crippen LogP contribution in [0.3, 0.4) is 0 Å². The molecule has 0 unspecified atom stereocenters. The van der Waals surface area contributed by atoms with Crippen LogP contribution in [-0.4, -0.2) is 7.11 Å². The third kappa shape index (κ3) is 3.64. The van der Waals surface area contributed by atoms with Gasteiger partial charge >= 0.3 is 0 Å². The lowest BCUT2D eigenvalue weighted by molar-refractivity contribution is 0.415. The molecule has 0 fully saturated rings. The minimum Gasteiger partial charge on any atom is -0.497 e. The van der Waals surface area contributed by atoms with Gasteiger partial charge in [-0.05, 0) is 54.1 Å². The van der Waals surface area contributed by atoms with Gasteiger partial charge in [-0.25, -0.2) is 4.39 Å². The minimum atomic E-state index is -0.294. The Kier molecular flexibility index (Phi) is 4.89. The Labute approximate surface area is 179 Å². The lowest BCUT2D eigenvalue weighted by Crippen LogP contribution is -1.84. The smallest absolute Gasteiger partial charge is 0.145 e. The summed E-state index contributed by atoms with van der Waals surface area (Å²) in [6, 6.07) is 27.9. The van der Waals surface area contributed by atoms with E-state index in [4.69, 9.17) is 13.6 Å². The number of rotatable bonds is 5. The number of methoxy groups -OCH3 is 1. The second-order valence-corrected chi connectivity index (χ2v) is 7.12. The fraction of sp³-hybridized carbons (Fsp3) is 0.0370. The summed E-state index contributed by atoms with van der Waals surface area (Å²) in [5.41, 5.74) is 4.47. The Morgan fingerprint density at radius 3 is 2.10 bits per heavy atom. The van der Waals surface area contributed by atoms with E-state index in [9.17, 15) is 4.39 Å². The Balaban J connectivity index is 1.67. The molecule has 0 saturated heterocycles. The fourth-order valence-corrected chi connectivity index (χ4v) is 3.64. The highest BCUT2D eigenvalue weighted by atomic mass is 19.1. The molecular weight excluding hydrogens is 391 g/mol. The van der Waals surface area contributed by atoms with E-state index < -0.39 is 0 Å². The highest BCUT2D eigenvalue weighted by Crippen LogP contribution is 2.43. The predicted molar refractivity (Wildman–Crippen MR) is 119 cm³/mol. The van der Waals surface area contributed by atoms with E-state index >= 15 is 0 Å². The second kappa shape index (κ2) is 8.00. The Bertz CT molecular complexity index is 1300. The lowest BCUT2D eigenvalue weighted by Gasteiger charge is -2.05. The van der Waals surface area contributed by atoms with Crippen molar-refractivity contribution in [3.8, 4) is 50.8 Å². The number of benzene rings is 3. The molecule has 3 nitrogen and oxygen atoms in total. The summed E-state index contributed by atoms with van der Waals surface area (Å²) in [5, 5.41) is 0. The molecule has 0 aliphatic heterocycles. The predicted octanol–water partition coefficient (Wildman–Crippen LogP) is 7.69. The molecule has 0 spiro atoms. The molecule has 0 radical (unpaired) electrons. The van der Waals surface area contributed by atoms with Crippen molar-refractivity contribution >= 4 is 0 Å². The first-order chi connectivity index (χ1) is 15.2. The molecule has 0 atom stereocenters. The summed E-state index contributed by atoms with van der Waals surface area (Å²) in [5.74, 6) is 2.53. The second-order valence-electron chi connectivity index (χ2n) is 7.12. The van der Waals surface area contributed by atoms with E-state index in [1.54, 1.807) is 25.5 Å². The van der Waals surface area contributed by atoms with Crippen LogP contribution in [0.2, 0.25) is 0 Å². The van der Waals surface area contributed by atoms with Gasteiger partial charge in [-0.2, -0.15) is 0 Å². The number of hydrogen-bond donors (Lipinski definition) is 0. The minimum absolute atomic E-state index is 0.294. The van der Waals surface area contributed by atoms with Crippen LogP contribution in [-0.2, 0) is 0 Å². The van der Waals surface area contributed by atoms with Gasteiger partial charge in [-0.15, -0.1) is 0 Å². The van der Waals surface area contributed by atoms with Crippen LogP contribution in [0.1, 0.15) is 0 Å². The fourth-order valence-electron chi connectivity index (χ4n) is 3.64. The quantitative estimate of drug-likeness (QED) is 0.298. The zero-order valence-corrected chi connectivity index (χ0v) is 16.8. The Morgan fingerprint density at radius 2 is 1.39 bits per heavy atom. The number of hydrogen-bond acceptors (Lipinski definition) is 3. The maximum atomic E-state index is 13.5. The Morgan fingerprint density at radius 1 is 0.677 bits per heavy atom. The summed E-state index contributed by atoms with van der Waals surface area (Å²) in [6.45, 7) is 0. The molecule has 152 valence electrons. The van der Waals surface area contributed by atoms with Crippen LogP contribution in [0.5, 0.6) is 5.75 Å². The van der Waals surface area contributed by atoms with E-state index in [2.05, 4.69) is 0 Å². The summed E-state index contributed by atoms with van der Waals surface area (Å²) in [7, 11) is 1.64. The number of furan rings is 2. The van der Waals surface area contributed by atoms with E-state index in [1.165, 1.54) is 12.1 Å². The van der Waals surface area contributed by atoms with Gasteiger partial charge < -0.3 is 13.6 Å². The van der Waals surface area contributed by atoms with Crippen molar-refractivity contribution in [2.75, 3.05) is 7.11 Å². The van der Waals surface area contributed by atoms with E-state index in [0.29, 0.717) is 17.3 Å². The van der Waals surface area contributed by atoms with Crippen LogP contribution in [0.25, 0.3) is 45.1 Å². The average Bonchev–Trinajstić information content (AvgIpc) is 3.48. The van der Waals surface area contributed by atoms with Crippen LogP contribution in [0, 0.1) is 5.82 Å². The molecule has 0 aliphatic carbocycles. The van der Waals surface area contributed by atoms with Crippen molar-refractivity contribution in [1.29, 1.82) is 0 Å². The van der Waals surface area contributed by atoms with E-state index in [1.807, 2.05) is 66.7 Å². The molecule has 4 heteroatoms. The molecule has 0 aliphatic rings. The molecule has 0 amide bonds. The van der Waals surface area contributed by atoms with Gasteiger partial charge in [-0.1, -0.05) is 42.5 Å². The van der Waals surface area contributed by atoms with Crippen LogP contribution in [0.15, 0.2) is 106 Å². The van der Waals surface area contributed by atoms with Gasteiger partial charge in [0.2, 0.25) is 0 Å². The van der Waals surface area contributed by atoms with Crippen molar-refractivity contribution in [1.82, 2.24) is 0 Å². The molecule has 0 bridgehead atoms. The molecule has 3 aromatic carbocycles. The normalized spacial score (nSPS) is 10.9. The molecule has 31 heavy (non-hydrogen) atoms. The van der Waals surface area contributed by atoms with Crippen molar-refractivity contribution in [2.24, 2.45) is 0 Å². The van der Waals surface area contributed by atoms with Crippen molar-refractivity contribution in [3.05, 3.63) is 103 Å². The van der Waals surface area contributed by atoms with Crippen LogP contribution >= 0.6 is 0 Å². The first kappa shape index (κ1) is 18.9. The summed E-state index contributed by atoms with van der Waals surface area (Å²) < 4.78 is 31.0. The van der Waals surface area contributed by atoms with Crippen LogP contribution < -0.4 is 4.74 Å². The highest BCUT2D eigenvalue weighted by Gasteiger charge is 2.21. The van der Waals surface area contributed by atoms with Gasteiger partial charge in [0, 0.05) is 16.7 Å². The first-order valence-corrected chi connectivity index (χ1v) is 9.90. The van der Waals surface area contributed by atoms with Crippen LogP contribution in [0.4, 0.5) is 4.39 Å². The first-order valence-electron chi connectivity index (χ1n) is 9.90. The molecule has 0 N–H and O–H groups in total. The van der Waals surface area contributed by atoms with Gasteiger partial charge in [-0.3, -0.25) is 0 Å². The summed E-state index contributed by atoms with van der Waals surface area (Å²) in [4.78, 5) is 0. The zero-order chi connectivity index (χ0) is 21.2. The van der Waals surface area contributed by atoms with Crippen molar-refractivity contribution in [2.45, 2.75) is 0 Å². The van der Waals surface area contributed by atoms with Gasteiger partial charge in [0.05, 0.1) is 18.9 Å². The van der Waals surface area contributed by atoms with Gasteiger partial charge in [0.25, 0.3) is 0 Å². The SMILES string of the molecule is COc1ccc(-c2ccoc2-c2cc(-c3ccccc3)oc2-c2ccc(F)cc2)cc1. The van der Waals surface area contributed by atoms with Crippen molar-refractivity contribution in [3.63, 3.8) is 0 Å². The highest BCUT2D eigenvalue weighted by molar-refractivity contribution is 5.89. The molecule has 0 saturated carbocycles. The third-order valence-corrected chi connectivity index (χ3v) is 5.21. The number of halogens is 1. The molecule has 5 aromatic rings. The maximum absolute atomic E-state index is 13.5. The molecule has 2 heterocycles. The summed E-state index contributed by atoms with van der Waals surface area (Å²) in [6.07, 6.45) is 1.67. The summed E-state index contributed by atoms with van der Waals surface area (Å²) >= 11 is 0. The number of ether oxygens (including phenoxy) is 1. The monoisotopic (exact) mass is 410 g/mol. The van der Waals surface area contributed by atoms with Gasteiger partial charge in [0.15, 0.2) is 0 Å². The van der Waals surface area contributed by atoms with Gasteiger partial charge in [0.1, 0.15) is 28.8 Å². The van der Waals surface area contributed by atoms with E-state index in [0.717, 1.165) is 33.6 Å². The third-order valence-electron chi connectivity index (χ3n) is 5.21. The average molecular weight is 410 g/mol. The van der Waals surface area contributed by atoms with Crippen molar-refractivity contribution < 1.29 is 18.0 Å². The molecular formula is C27H19FO3. The van der Waals surface area contributed by atoms with E-state index in [-0.39, 0.29) is 5.82 Å².